The second-order valence-electron chi connectivity index (χ2n) is 9.24. The Labute approximate surface area is 201 Å². The highest BCUT2D eigenvalue weighted by Gasteiger charge is 2.32. The Hall–Kier alpha value is -3.35. The Morgan fingerprint density at radius 1 is 1.03 bits per heavy atom. The lowest BCUT2D eigenvalue weighted by Crippen LogP contribution is -2.47. The average molecular weight is 467 g/mol. The lowest BCUT2D eigenvalue weighted by Gasteiger charge is -2.29. The molecule has 2 atom stereocenters. The van der Waals surface area contributed by atoms with E-state index in [1.807, 2.05) is 38.1 Å². The van der Waals surface area contributed by atoms with Gasteiger partial charge in [0.1, 0.15) is 12.6 Å². The minimum atomic E-state index is -1.04. The second kappa shape index (κ2) is 11.2. The summed E-state index contributed by atoms with van der Waals surface area (Å²) in [6, 6.07) is 15.3. The van der Waals surface area contributed by atoms with Gasteiger partial charge in [0.05, 0.1) is 5.92 Å². The van der Waals surface area contributed by atoms with E-state index in [-0.39, 0.29) is 30.9 Å². The number of rotatable bonds is 10. The Morgan fingerprint density at radius 2 is 1.59 bits per heavy atom. The Kier molecular flexibility index (Phi) is 8.31. The second-order valence-corrected chi connectivity index (χ2v) is 9.24. The summed E-state index contributed by atoms with van der Waals surface area (Å²) >= 11 is 0. The molecule has 2 unspecified atom stereocenters. The minimum Gasteiger partial charge on any atom is -0.480 e. The van der Waals surface area contributed by atoms with Crippen LogP contribution in [0.15, 0.2) is 48.5 Å². The molecule has 34 heavy (non-hydrogen) atoms. The van der Waals surface area contributed by atoms with E-state index >= 15 is 0 Å². The number of carboxylic acid groups (broad SMARTS) is 1. The van der Waals surface area contributed by atoms with E-state index in [9.17, 15) is 19.5 Å². The van der Waals surface area contributed by atoms with Crippen LogP contribution in [0.5, 0.6) is 0 Å². The number of nitrogens with one attached hydrogen (secondary N) is 1. The zero-order valence-electron chi connectivity index (χ0n) is 20.3. The summed E-state index contributed by atoms with van der Waals surface area (Å²) in [5, 5.41) is 12.1. The SMILES string of the molecule is CCC(C(=O)O)N(C)C(=O)C(CNC(=O)OCC1c2ccccc2-c2ccccc21)CC(C)C. The molecule has 1 aliphatic carbocycles. The number of fused-ring (bicyclic) bond motifs is 3. The number of nitrogens with zero attached hydrogens (tertiary/aromatic N) is 1. The van der Waals surface area contributed by atoms with Crippen LogP contribution in [0.2, 0.25) is 0 Å². The largest absolute Gasteiger partial charge is 0.480 e. The van der Waals surface area contributed by atoms with Crippen molar-refractivity contribution < 1.29 is 24.2 Å². The third-order valence-corrected chi connectivity index (χ3v) is 6.43. The molecule has 0 bridgehead atoms. The van der Waals surface area contributed by atoms with Gasteiger partial charge in [-0.05, 0) is 41.0 Å². The number of aliphatic carboxylic acids is 1. The van der Waals surface area contributed by atoms with Gasteiger partial charge in [-0.3, -0.25) is 4.79 Å². The Morgan fingerprint density at radius 3 is 2.09 bits per heavy atom. The summed E-state index contributed by atoms with van der Waals surface area (Å²) in [6.07, 6.45) is 0.255. The van der Waals surface area contributed by atoms with Crippen LogP contribution < -0.4 is 5.32 Å². The molecule has 2 aromatic rings. The summed E-state index contributed by atoms with van der Waals surface area (Å²) in [4.78, 5) is 38.3. The molecule has 0 aliphatic heterocycles. The van der Waals surface area contributed by atoms with Gasteiger partial charge in [0, 0.05) is 19.5 Å². The summed E-state index contributed by atoms with van der Waals surface area (Å²) in [7, 11) is 1.51. The van der Waals surface area contributed by atoms with Gasteiger partial charge in [-0.15, -0.1) is 0 Å². The van der Waals surface area contributed by atoms with Crippen LogP contribution in [-0.4, -0.2) is 54.2 Å². The van der Waals surface area contributed by atoms with Gasteiger partial charge in [0.15, 0.2) is 0 Å². The molecule has 0 saturated carbocycles. The highest BCUT2D eigenvalue weighted by molar-refractivity contribution is 5.85. The lowest BCUT2D eigenvalue weighted by molar-refractivity contribution is -0.151. The van der Waals surface area contributed by atoms with E-state index < -0.39 is 24.0 Å². The van der Waals surface area contributed by atoms with Gasteiger partial charge < -0.3 is 20.1 Å². The molecule has 0 radical (unpaired) electrons. The summed E-state index contributed by atoms with van der Waals surface area (Å²) in [5.74, 6) is -1.69. The Balaban J connectivity index is 1.62. The molecule has 0 fully saturated rings. The zero-order valence-corrected chi connectivity index (χ0v) is 20.3. The predicted octanol–water partition coefficient (Wildman–Crippen LogP) is 4.51. The van der Waals surface area contributed by atoms with E-state index in [0.29, 0.717) is 12.8 Å². The standard InChI is InChI=1S/C27H34N2O5/c1-5-24(26(31)32)29(4)25(30)18(14-17(2)3)15-28-27(33)34-16-23-21-12-8-6-10-19(21)20-11-7-9-13-22(20)23/h6-13,17-18,23-24H,5,14-16H2,1-4H3,(H,28,33)(H,31,32). The normalized spacial score (nSPS) is 14.1. The number of carbonyl (C=O) groups is 3. The molecule has 1 aliphatic rings. The number of hydrogen-bond donors (Lipinski definition) is 2. The summed E-state index contributed by atoms with van der Waals surface area (Å²) in [6.45, 7) is 5.99. The van der Waals surface area contributed by atoms with Gasteiger partial charge in [0.25, 0.3) is 0 Å². The molecule has 0 saturated heterocycles. The quantitative estimate of drug-likeness (QED) is 0.537. The van der Waals surface area contributed by atoms with Crippen LogP contribution in [-0.2, 0) is 14.3 Å². The fourth-order valence-electron chi connectivity index (χ4n) is 4.75. The first-order valence-corrected chi connectivity index (χ1v) is 11.8. The summed E-state index contributed by atoms with van der Waals surface area (Å²) in [5.41, 5.74) is 4.57. The molecule has 182 valence electrons. The van der Waals surface area contributed by atoms with Crippen molar-refractivity contribution in [1.29, 1.82) is 0 Å². The first kappa shape index (κ1) is 25.3. The fourth-order valence-corrected chi connectivity index (χ4v) is 4.75. The van der Waals surface area contributed by atoms with Gasteiger partial charge in [-0.25, -0.2) is 9.59 Å². The van der Waals surface area contributed by atoms with Crippen molar-refractivity contribution in [3.05, 3.63) is 59.7 Å². The molecular weight excluding hydrogens is 432 g/mol. The molecule has 3 rings (SSSR count). The van der Waals surface area contributed by atoms with Crippen LogP contribution in [0.1, 0.15) is 50.7 Å². The Bertz CT molecular complexity index is 990. The third kappa shape index (κ3) is 5.58. The summed E-state index contributed by atoms with van der Waals surface area (Å²) < 4.78 is 5.57. The topological polar surface area (TPSA) is 95.9 Å². The third-order valence-electron chi connectivity index (χ3n) is 6.43. The van der Waals surface area contributed by atoms with Crippen molar-refractivity contribution in [2.45, 2.75) is 45.6 Å². The zero-order chi connectivity index (χ0) is 24.8. The average Bonchev–Trinajstić information content (AvgIpc) is 3.13. The fraction of sp³-hybridized carbons (Fsp3) is 0.444. The first-order valence-electron chi connectivity index (χ1n) is 11.8. The molecule has 7 nitrogen and oxygen atoms in total. The number of carboxylic acids is 1. The lowest BCUT2D eigenvalue weighted by atomic mass is 9.95. The van der Waals surface area contributed by atoms with Crippen molar-refractivity contribution in [2.24, 2.45) is 11.8 Å². The number of carbonyl (C=O) groups excluding carboxylic acids is 2. The number of hydrogen-bond acceptors (Lipinski definition) is 4. The van der Waals surface area contributed by atoms with E-state index in [0.717, 1.165) is 22.3 Å². The molecular formula is C27H34N2O5. The van der Waals surface area contributed by atoms with Crippen molar-refractivity contribution in [3.8, 4) is 11.1 Å². The van der Waals surface area contributed by atoms with Crippen LogP contribution in [0.25, 0.3) is 11.1 Å². The maximum absolute atomic E-state index is 13.0. The number of amides is 2. The molecule has 2 N–H and O–H groups in total. The van der Waals surface area contributed by atoms with E-state index in [4.69, 9.17) is 4.74 Å². The van der Waals surface area contributed by atoms with Gasteiger partial charge in [-0.1, -0.05) is 69.3 Å². The molecule has 2 aromatic carbocycles. The molecule has 0 heterocycles. The van der Waals surface area contributed by atoms with Crippen LogP contribution in [0.3, 0.4) is 0 Å². The minimum absolute atomic E-state index is 0.0433. The van der Waals surface area contributed by atoms with E-state index in [1.54, 1.807) is 6.92 Å². The first-order chi connectivity index (χ1) is 16.2. The van der Waals surface area contributed by atoms with Crippen molar-refractivity contribution in [2.75, 3.05) is 20.2 Å². The maximum Gasteiger partial charge on any atom is 0.407 e. The molecule has 7 heteroatoms. The molecule has 0 aromatic heterocycles. The maximum atomic E-state index is 13.0. The van der Waals surface area contributed by atoms with Gasteiger partial charge in [0.2, 0.25) is 5.91 Å². The van der Waals surface area contributed by atoms with E-state index in [1.165, 1.54) is 11.9 Å². The molecule has 0 spiro atoms. The number of benzene rings is 2. The number of likely N-dealkylation sites (N-methyl/N-ethyl adjacent to an activating group) is 1. The van der Waals surface area contributed by atoms with Crippen molar-refractivity contribution >= 4 is 18.0 Å². The molecule has 2 amide bonds. The van der Waals surface area contributed by atoms with E-state index in [2.05, 4.69) is 29.6 Å². The number of ether oxygens (including phenoxy) is 1. The smallest absolute Gasteiger partial charge is 0.407 e. The van der Waals surface area contributed by atoms with Crippen LogP contribution in [0, 0.1) is 11.8 Å². The highest BCUT2D eigenvalue weighted by atomic mass is 16.5. The predicted molar refractivity (Wildman–Crippen MR) is 131 cm³/mol. The van der Waals surface area contributed by atoms with Crippen LogP contribution in [0.4, 0.5) is 4.79 Å². The van der Waals surface area contributed by atoms with Crippen LogP contribution >= 0.6 is 0 Å². The van der Waals surface area contributed by atoms with Gasteiger partial charge in [-0.2, -0.15) is 0 Å². The van der Waals surface area contributed by atoms with Crippen molar-refractivity contribution in [1.82, 2.24) is 10.2 Å². The number of alkyl carbamates (subject to hydrolysis) is 1. The van der Waals surface area contributed by atoms with Crippen molar-refractivity contribution in [3.63, 3.8) is 0 Å². The highest BCUT2D eigenvalue weighted by Crippen LogP contribution is 2.44. The van der Waals surface area contributed by atoms with Gasteiger partial charge >= 0.3 is 12.1 Å². The monoisotopic (exact) mass is 466 g/mol.